The molecule has 4 heterocycles. The zero-order valence-corrected chi connectivity index (χ0v) is 53.2. The molecule has 4 aliphatic heterocycles. The van der Waals surface area contributed by atoms with Gasteiger partial charge in [0.05, 0.1) is 12.1 Å². The fourth-order valence-corrected chi connectivity index (χ4v) is 13.4. The standard InChI is InChI=1S/C70H98N12O8/c1-47(71-3)63(83)79-61-53(39-43-73-45-49-23-13-9-14-24-49)31-33-55-35-37-57(81(55)69(61)89)65(85)77-59(51-27-17-11-18-28-51)67(87)75-41-21-7-5-6-8-22-42-76-68(88)60(52-29-19-12-20-30-52)78-66(86)58-38-36-56-34-32-54(40-44-74-46-50-25-15-10-16-26-50)62(70(90)82(56)58)80-64(84)48(2)72-4/h9-20,23-30,47-48,53-62,71-74H,5-8,21-22,31-46H2,1-4H3,(H,75,87)(H,76,88)(H,77,85)(H,78,86)(H,79,83)(H,80,84)/t47-,48-,53+,54+,55-,56-,57-,58-,59-,60-,61-,62-/m0/s1. The van der Waals surface area contributed by atoms with Crippen molar-refractivity contribution in [2.75, 3.05) is 40.3 Å². The summed E-state index contributed by atoms with van der Waals surface area (Å²) in [5.41, 5.74) is 3.57. The van der Waals surface area contributed by atoms with Gasteiger partial charge in [-0.1, -0.05) is 147 Å². The molecule has 4 saturated heterocycles. The van der Waals surface area contributed by atoms with Crippen molar-refractivity contribution in [2.24, 2.45) is 11.8 Å². The van der Waals surface area contributed by atoms with E-state index in [-0.39, 0.29) is 59.4 Å². The van der Waals surface area contributed by atoms with Crippen LogP contribution in [0.5, 0.6) is 0 Å². The maximum atomic E-state index is 14.7. The van der Waals surface area contributed by atoms with Crippen molar-refractivity contribution in [1.29, 1.82) is 0 Å². The number of carbonyl (C=O) groups excluding carboxylic acids is 8. The van der Waals surface area contributed by atoms with E-state index in [2.05, 4.69) is 77.4 Å². The topological polar surface area (TPSA) is 263 Å². The van der Waals surface area contributed by atoms with Gasteiger partial charge >= 0.3 is 0 Å². The van der Waals surface area contributed by atoms with Crippen LogP contribution in [0.1, 0.15) is 151 Å². The van der Waals surface area contributed by atoms with Gasteiger partial charge in [-0.3, -0.25) is 38.4 Å². The maximum absolute atomic E-state index is 14.7. The summed E-state index contributed by atoms with van der Waals surface area (Å²) in [7, 11) is 3.40. The molecule has 0 radical (unpaired) electrons. The highest BCUT2D eigenvalue weighted by Crippen LogP contribution is 2.37. The van der Waals surface area contributed by atoms with Gasteiger partial charge in [-0.05, 0) is 152 Å². The Bertz CT molecular complexity index is 2750. The number of nitrogens with zero attached hydrogens (tertiary/aromatic N) is 2. The second-order valence-corrected chi connectivity index (χ2v) is 25.0. The van der Waals surface area contributed by atoms with E-state index in [1.807, 2.05) is 97.1 Å². The average Bonchev–Trinajstić information content (AvgIpc) is 1.69. The number of carbonyl (C=O) groups is 8. The summed E-state index contributed by atoms with van der Waals surface area (Å²) in [6.07, 6.45) is 11.3. The Morgan fingerprint density at radius 3 is 1.14 bits per heavy atom. The molecular formula is C70H98N12O8. The Balaban J connectivity index is 0.787. The molecule has 20 heteroatoms. The van der Waals surface area contributed by atoms with Crippen LogP contribution >= 0.6 is 0 Å². The van der Waals surface area contributed by atoms with Gasteiger partial charge in [0.25, 0.3) is 0 Å². The van der Waals surface area contributed by atoms with E-state index in [4.69, 9.17) is 0 Å². The van der Waals surface area contributed by atoms with Crippen LogP contribution in [0.25, 0.3) is 0 Å². The first-order valence-electron chi connectivity index (χ1n) is 33.1. The highest BCUT2D eigenvalue weighted by molar-refractivity contribution is 5.97. The number of unbranched alkanes of at least 4 members (excludes halogenated alkanes) is 5. The van der Waals surface area contributed by atoms with Gasteiger partial charge in [-0.25, -0.2) is 0 Å². The van der Waals surface area contributed by atoms with Crippen LogP contribution in [0.3, 0.4) is 0 Å². The highest BCUT2D eigenvalue weighted by atomic mass is 16.2. The van der Waals surface area contributed by atoms with E-state index < -0.39 is 60.1 Å². The summed E-state index contributed by atoms with van der Waals surface area (Å²) in [5, 5.41) is 31.3. The molecule has 0 bridgehead atoms. The molecule has 20 nitrogen and oxygen atoms in total. The average molecular weight is 1240 g/mol. The summed E-state index contributed by atoms with van der Waals surface area (Å²) in [6.45, 7) is 6.98. The molecule has 4 aromatic carbocycles. The molecule has 90 heavy (non-hydrogen) atoms. The van der Waals surface area contributed by atoms with E-state index in [0.717, 1.165) is 36.8 Å². The normalized spacial score (nSPS) is 22.8. The fourth-order valence-electron chi connectivity index (χ4n) is 13.4. The van der Waals surface area contributed by atoms with Crippen LogP contribution < -0.4 is 53.2 Å². The predicted octanol–water partition coefficient (Wildman–Crippen LogP) is 5.36. The van der Waals surface area contributed by atoms with Crippen molar-refractivity contribution in [2.45, 2.75) is 190 Å². The van der Waals surface area contributed by atoms with Gasteiger partial charge in [-0.15, -0.1) is 0 Å². The summed E-state index contributed by atoms with van der Waals surface area (Å²) >= 11 is 0. The lowest BCUT2D eigenvalue weighted by Crippen LogP contribution is -2.58. The van der Waals surface area contributed by atoms with Crippen molar-refractivity contribution in [1.82, 2.24) is 63.0 Å². The molecule has 0 aliphatic carbocycles. The first-order valence-corrected chi connectivity index (χ1v) is 33.1. The second-order valence-electron chi connectivity index (χ2n) is 25.0. The van der Waals surface area contributed by atoms with Gasteiger partial charge in [-0.2, -0.15) is 0 Å². The third-order valence-corrected chi connectivity index (χ3v) is 18.9. The third kappa shape index (κ3) is 19.0. The number of hydrogen-bond donors (Lipinski definition) is 10. The quantitative estimate of drug-likeness (QED) is 0.0271. The molecule has 8 rings (SSSR count). The lowest BCUT2D eigenvalue weighted by Gasteiger charge is -2.33. The molecule has 486 valence electrons. The Morgan fingerprint density at radius 2 is 0.778 bits per heavy atom. The molecule has 0 spiro atoms. The van der Waals surface area contributed by atoms with Gasteiger partial charge in [0.15, 0.2) is 0 Å². The number of benzene rings is 4. The van der Waals surface area contributed by atoms with E-state index in [0.29, 0.717) is 127 Å². The zero-order chi connectivity index (χ0) is 63.8. The number of amides is 8. The number of hydrogen-bond acceptors (Lipinski definition) is 12. The second kappa shape index (κ2) is 35.2. The molecule has 12 atom stereocenters. The highest BCUT2D eigenvalue weighted by Gasteiger charge is 2.50. The smallest absolute Gasteiger partial charge is 0.247 e. The molecular weight excluding hydrogens is 1140 g/mol. The van der Waals surface area contributed by atoms with Crippen molar-refractivity contribution in [3.05, 3.63) is 144 Å². The Kier molecular flexibility index (Phi) is 26.7. The Morgan fingerprint density at radius 1 is 0.433 bits per heavy atom. The molecule has 0 aromatic heterocycles. The predicted molar refractivity (Wildman–Crippen MR) is 348 cm³/mol. The fraction of sp³-hybridized carbons (Fsp3) is 0.543. The SMILES string of the molecule is CN[C@@H](C)C(=O)N[C@@H]1C(=O)N2[C@@H](CC[C@@H]1CCNCc1ccccc1)CC[C@H]2C(=O)N[C@H](C(=O)NCCCCCCCCNC(=O)[C@@H](NC(=O)[C@@H]1CC[C@@H]2CC[C@H](CCNCc3ccccc3)[C@H](NC(=O)[C@H](C)NC)C(=O)N21)c1ccccc1)c1ccccc1. The number of fused-ring (bicyclic) bond motifs is 2. The first kappa shape index (κ1) is 68.4. The van der Waals surface area contributed by atoms with Crippen LogP contribution in [0, 0.1) is 11.8 Å². The van der Waals surface area contributed by atoms with E-state index in [1.165, 1.54) is 0 Å². The molecule has 0 saturated carbocycles. The van der Waals surface area contributed by atoms with Gasteiger partial charge in [0.2, 0.25) is 47.3 Å². The van der Waals surface area contributed by atoms with Crippen LogP contribution in [0.2, 0.25) is 0 Å². The lowest BCUT2D eigenvalue weighted by molar-refractivity contribution is -0.144. The summed E-state index contributed by atoms with van der Waals surface area (Å²) < 4.78 is 0. The van der Waals surface area contributed by atoms with E-state index in [1.54, 1.807) is 37.7 Å². The first-order chi connectivity index (χ1) is 43.8. The minimum Gasteiger partial charge on any atom is -0.354 e. The van der Waals surface area contributed by atoms with Crippen LogP contribution in [-0.4, -0.2) is 146 Å². The molecule has 4 aromatic rings. The van der Waals surface area contributed by atoms with Gasteiger partial charge in [0, 0.05) is 38.3 Å². The zero-order valence-electron chi connectivity index (χ0n) is 53.2. The van der Waals surface area contributed by atoms with Crippen molar-refractivity contribution < 1.29 is 38.4 Å². The number of nitrogens with one attached hydrogen (secondary N) is 10. The molecule has 8 amide bonds. The van der Waals surface area contributed by atoms with Crippen LogP contribution in [0.4, 0.5) is 0 Å². The summed E-state index contributed by atoms with van der Waals surface area (Å²) in [5.74, 6) is -2.86. The number of likely N-dealkylation sites (N-methyl/N-ethyl adjacent to an activating group) is 2. The molecule has 4 aliphatic rings. The monoisotopic (exact) mass is 1230 g/mol. The number of rotatable bonds is 33. The Labute approximate surface area is 532 Å². The molecule has 0 unspecified atom stereocenters. The van der Waals surface area contributed by atoms with Crippen LogP contribution in [0.15, 0.2) is 121 Å². The Hall–Kier alpha value is -7.52. The van der Waals surface area contributed by atoms with Crippen molar-refractivity contribution >= 4 is 47.3 Å². The van der Waals surface area contributed by atoms with Crippen molar-refractivity contribution in [3.8, 4) is 0 Å². The molecule has 4 fully saturated rings. The van der Waals surface area contributed by atoms with Gasteiger partial charge < -0.3 is 63.0 Å². The maximum Gasteiger partial charge on any atom is 0.247 e. The summed E-state index contributed by atoms with van der Waals surface area (Å²) in [4.78, 5) is 116. The third-order valence-electron chi connectivity index (χ3n) is 18.9. The summed E-state index contributed by atoms with van der Waals surface area (Å²) in [6, 6.07) is 31.9. The molecule has 10 N–H and O–H groups in total. The lowest BCUT2D eigenvalue weighted by atomic mass is 9.90. The largest absolute Gasteiger partial charge is 0.354 e. The van der Waals surface area contributed by atoms with Gasteiger partial charge in [0.1, 0.15) is 36.3 Å². The van der Waals surface area contributed by atoms with Crippen LogP contribution in [-0.2, 0) is 51.4 Å². The van der Waals surface area contributed by atoms with E-state index >= 15 is 0 Å². The minimum atomic E-state index is -0.989. The van der Waals surface area contributed by atoms with E-state index in [9.17, 15) is 38.4 Å². The van der Waals surface area contributed by atoms with Crippen molar-refractivity contribution in [3.63, 3.8) is 0 Å². The minimum absolute atomic E-state index is 0.141.